The average molecular weight is 296 g/mol. The van der Waals surface area contributed by atoms with Crippen LogP contribution in [0.5, 0.6) is 0 Å². The van der Waals surface area contributed by atoms with Crippen molar-refractivity contribution < 1.29 is 4.42 Å². The molecule has 2 heterocycles. The van der Waals surface area contributed by atoms with Gasteiger partial charge in [-0.2, -0.15) is 0 Å². The molecule has 1 aromatic carbocycles. The maximum absolute atomic E-state index is 5.23. The lowest BCUT2D eigenvalue weighted by molar-refractivity contribution is 0.550. The van der Waals surface area contributed by atoms with Crippen molar-refractivity contribution in [3.05, 3.63) is 33.6 Å². The van der Waals surface area contributed by atoms with Crippen molar-refractivity contribution in [3.63, 3.8) is 0 Å². The van der Waals surface area contributed by atoms with E-state index in [2.05, 4.69) is 31.1 Å². The molecule has 16 heavy (non-hydrogen) atoms. The predicted octanol–water partition coefficient (Wildman–Crippen LogP) is 3.64. The molecule has 0 spiro atoms. The first-order chi connectivity index (χ1) is 7.72. The number of halogens is 1. The normalized spacial score (nSPS) is 11.1. The maximum atomic E-state index is 5.23. The second-order valence-corrected chi connectivity index (χ2v) is 4.62. The molecule has 0 saturated heterocycles. The summed E-state index contributed by atoms with van der Waals surface area (Å²) >= 11 is 8.25. The van der Waals surface area contributed by atoms with E-state index in [1.165, 1.54) is 0 Å². The molecular formula is C10H6BrN3OS. The van der Waals surface area contributed by atoms with Gasteiger partial charge < -0.3 is 9.40 Å². The molecule has 0 amide bonds. The van der Waals surface area contributed by atoms with Gasteiger partial charge in [-0.15, -0.1) is 5.10 Å². The van der Waals surface area contributed by atoms with E-state index in [1.807, 2.05) is 24.3 Å². The van der Waals surface area contributed by atoms with Crippen LogP contribution in [-0.2, 0) is 0 Å². The summed E-state index contributed by atoms with van der Waals surface area (Å²) in [6.07, 6.45) is 0. The van der Waals surface area contributed by atoms with Crippen molar-refractivity contribution in [2.45, 2.75) is 0 Å². The van der Waals surface area contributed by atoms with E-state index in [1.54, 1.807) is 0 Å². The van der Waals surface area contributed by atoms with Crippen LogP contribution in [0.15, 0.2) is 33.2 Å². The van der Waals surface area contributed by atoms with Gasteiger partial charge in [0.25, 0.3) is 10.7 Å². The van der Waals surface area contributed by atoms with Crippen LogP contribution in [0.3, 0.4) is 0 Å². The van der Waals surface area contributed by atoms with Crippen LogP contribution >= 0.6 is 28.1 Å². The Balaban J connectivity index is 2.22. The Morgan fingerprint density at radius 2 is 2.19 bits per heavy atom. The molecule has 0 aliphatic heterocycles. The van der Waals surface area contributed by atoms with Crippen molar-refractivity contribution in [2.24, 2.45) is 0 Å². The third kappa shape index (κ3) is 1.60. The van der Waals surface area contributed by atoms with Crippen LogP contribution in [-0.4, -0.2) is 15.2 Å². The standard InChI is InChI=1S/C10H6BrN3OS/c11-6-1-2-7-5(3-6)4-8(12-7)9-13-14-10(16)15-9/h1-4,12H,(H,14,16). The van der Waals surface area contributed by atoms with E-state index in [4.69, 9.17) is 16.6 Å². The van der Waals surface area contributed by atoms with Crippen molar-refractivity contribution >= 4 is 39.1 Å². The van der Waals surface area contributed by atoms with Gasteiger partial charge in [0.05, 0.1) is 0 Å². The molecule has 3 rings (SSSR count). The third-order valence-corrected chi connectivity index (χ3v) is 2.92. The lowest BCUT2D eigenvalue weighted by Crippen LogP contribution is -1.75. The number of hydrogen-bond donors (Lipinski definition) is 2. The fraction of sp³-hybridized carbons (Fsp3) is 0. The van der Waals surface area contributed by atoms with Crippen molar-refractivity contribution in [1.82, 2.24) is 15.2 Å². The second kappa shape index (κ2) is 3.57. The molecule has 0 fully saturated rings. The van der Waals surface area contributed by atoms with E-state index in [-0.39, 0.29) is 4.84 Å². The van der Waals surface area contributed by atoms with Crippen LogP contribution < -0.4 is 0 Å². The predicted molar refractivity (Wildman–Crippen MR) is 66.7 cm³/mol. The van der Waals surface area contributed by atoms with Gasteiger partial charge in [-0.1, -0.05) is 15.9 Å². The number of aromatic nitrogens is 3. The molecule has 0 unspecified atom stereocenters. The Hall–Kier alpha value is -1.40. The number of aromatic amines is 2. The Morgan fingerprint density at radius 3 is 2.94 bits per heavy atom. The van der Waals surface area contributed by atoms with E-state index >= 15 is 0 Å². The zero-order chi connectivity index (χ0) is 11.1. The summed E-state index contributed by atoms with van der Waals surface area (Å²) < 4.78 is 6.27. The lowest BCUT2D eigenvalue weighted by atomic mass is 10.2. The molecule has 0 aliphatic carbocycles. The number of hydrogen-bond acceptors (Lipinski definition) is 3. The number of H-pyrrole nitrogens is 2. The van der Waals surface area contributed by atoms with Gasteiger partial charge in [0.15, 0.2) is 0 Å². The van der Waals surface area contributed by atoms with E-state index < -0.39 is 0 Å². The highest BCUT2D eigenvalue weighted by molar-refractivity contribution is 9.10. The monoisotopic (exact) mass is 295 g/mol. The summed E-state index contributed by atoms with van der Waals surface area (Å²) in [7, 11) is 0. The van der Waals surface area contributed by atoms with Crippen LogP contribution in [0.1, 0.15) is 0 Å². The molecule has 6 heteroatoms. The Bertz CT molecular complexity index is 712. The molecule has 2 N–H and O–H groups in total. The molecular weight excluding hydrogens is 290 g/mol. The van der Waals surface area contributed by atoms with Crippen molar-refractivity contribution in [2.75, 3.05) is 0 Å². The molecule has 0 bridgehead atoms. The molecule has 4 nitrogen and oxygen atoms in total. The summed E-state index contributed by atoms with van der Waals surface area (Å²) in [5.41, 5.74) is 1.84. The summed E-state index contributed by atoms with van der Waals surface area (Å²) in [5.74, 6) is 0.470. The minimum atomic E-state index is 0.273. The first-order valence-corrected chi connectivity index (χ1v) is 5.77. The van der Waals surface area contributed by atoms with Gasteiger partial charge >= 0.3 is 0 Å². The van der Waals surface area contributed by atoms with E-state index in [9.17, 15) is 0 Å². The van der Waals surface area contributed by atoms with E-state index in [0.717, 1.165) is 21.1 Å². The zero-order valence-electron chi connectivity index (χ0n) is 7.95. The van der Waals surface area contributed by atoms with Crippen molar-refractivity contribution in [1.29, 1.82) is 0 Å². The Kier molecular flexibility index (Phi) is 2.19. The lowest BCUT2D eigenvalue weighted by Gasteiger charge is -1.89. The van der Waals surface area contributed by atoms with Crippen molar-refractivity contribution in [3.8, 4) is 11.6 Å². The van der Waals surface area contributed by atoms with Gasteiger partial charge in [-0.25, -0.2) is 5.10 Å². The molecule has 3 aromatic rings. The fourth-order valence-electron chi connectivity index (χ4n) is 1.56. The molecule has 80 valence electrons. The third-order valence-electron chi connectivity index (χ3n) is 2.25. The van der Waals surface area contributed by atoms with Crippen LogP contribution in [0.25, 0.3) is 22.5 Å². The topological polar surface area (TPSA) is 57.6 Å². The quantitative estimate of drug-likeness (QED) is 0.674. The Morgan fingerprint density at radius 1 is 1.31 bits per heavy atom. The van der Waals surface area contributed by atoms with Gasteiger partial charge in [0, 0.05) is 15.4 Å². The van der Waals surface area contributed by atoms with Crippen LogP contribution in [0.2, 0.25) is 0 Å². The first-order valence-electron chi connectivity index (χ1n) is 4.56. The highest BCUT2D eigenvalue weighted by Crippen LogP contribution is 2.25. The smallest absolute Gasteiger partial charge is 0.284 e. The number of fused-ring (bicyclic) bond motifs is 1. The molecule has 0 aliphatic rings. The minimum Gasteiger partial charge on any atom is -0.408 e. The second-order valence-electron chi connectivity index (χ2n) is 3.33. The average Bonchev–Trinajstić information content (AvgIpc) is 2.83. The number of nitrogens with zero attached hydrogens (tertiary/aromatic N) is 1. The first kappa shape index (κ1) is 9.80. The number of rotatable bonds is 1. The van der Waals surface area contributed by atoms with Gasteiger partial charge in [0.1, 0.15) is 5.69 Å². The molecule has 0 radical (unpaired) electrons. The number of nitrogens with one attached hydrogen (secondary N) is 2. The largest absolute Gasteiger partial charge is 0.408 e. The summed E-state index contributed by atoms with van der Waals surface area (Å²) in [6, 6.07) is 7.96. The molecule has 2 aromatic heterocycles. The maximum Gasteiger partial charge on any atom is 0.284 e. The van der Waals surface area contributed by atoms with Crippen LogP contribution in [0, 0.1) is 4.84 Å². The van der Waals surface area contributed by atoms with Crippen LogP contribution in [0.4, 0.5) is 0 Å². The Labute approximate surface area is 104 Å². The van der Waals surface area contributed by atoms with Gasteiger partial charge in [-0.3, -0.25) is 0 Å². The summed E-state index contributed by atoms with van der Waals surface area (Å²) in [4.78, 5) is 3.48. The minimum absolute atomic E-state index is 0.273. The SMILES string of the molecule is S=c1[nH]nc(-c2cc3cc(Br)ccc3[nH]2)o1. The highest BCUT2D eigenvalue weighted by atomic mass is 79.9. The fourth-order valence-corrected chi connectivity index (χ4v) is 2.07. The summed E-state index contributed by atoms with van der Waals surface area (Å²) in [5, 5.41) is 7.65. The van der Waals surface area contributed by atoms with Gasteiger partial charge in [-0.05, 0) is 36.5 Å². The number of benzene rings is 1. The highest BCUT2D eigenvalue weighted by Gasteiger charge is 2.07. The molecule has 0 saturated carbocycles. The van der Waals surface area contributed by atoms with Gasteiger partial charge in [0.2, 0.25) is 0 Å². The summed E-state index contributed by atoms with van der Waals surface area (Å²) in [6.45, 7) is 0. The van der Waals surface area contributed by atoms with E-state index in [0.29, 0.717) is 5.89 Å². The zero-order valence-corrected chi connectivity index (χ0v) is 10.4. The molecule has 0 atom stereocenters.